The molecule has 4 heterocycles. The Morgan fingerprint density at radius 2 is 2.11 bits per heavy atom. The molecule has 0 radical (unpaired) electrons. The number of hydrogen-bond donors (Lipinski definition) is 3. The molecule has 38 heavy (non-hydrogen) atoms. The summed E-state index contributed by atoms with van der Waals surface area (Å²) < 4.78 is 7.60. The molecule has 194 valence electrons. The summed E-state index contributed by atoms with van der Waals surface area (Å²) in [5.74, 6) is 1.30. The highest BCUT2D eigenvalue weighted by atomic mass is 35.5. The number of benzene rings is 1. The van der Waals surface area contributed by atoms with Gasteiger partial charge in [-0.2, -0.15) is 5.10 Å². The van der Waals surface area contributed by atoms with Crippen molar-refractivity contribution in [2.45, 2.75) is 39.0 Å². The molecule has 1 aliphatic rings. The lowest BCUT2D eigenvalue weighted by molar-refractivity contribution is 0.0782. The minimum atomic E-state index is -0.845. The third-order valence-electron chi connectivity index (χ3n) is 6.41. The number of fused-ring (bicyclic) bond motifs is 5. The third kappa shape index (κ3) is 4.83. The number of ether oxygens (including phenoxy) is 1. The molecule has 6 rings (SSSR count). The number of nitrogens with zero attached hydrogens (tertiary/aromatic N) is 5. The quantitative estimate of drug-likeness (QED) is 0.256. The molecule has 0 saturated heterocycles. The zero-order chi connectivity index (χ0) is 26.2. The van der Waals surface area contributed by atoms with E-state index in [4.69, 9.17) is 16.3 Å². The van der Waals surface area contributed by atoms with Crippen molar-refractivity contribution in [3.05, 3.63) is 76.6 Å². The molecular formula is C27H25ClN6O3S. The maximum atomic E-state index is 9.83. The summed E-state index contributed by atoms with van der Waals surface area (Å²) in [5, 5.41) is 28.5. The van der Waals surface area contributed by atoms with Crippen LogP contribution in [0.25, 0.3) is 20.7 Å². The van der Waals surface area contributed by atoms with Gasteiger partial charge in [0.15, 0.2) is 0 Å². The fraction of sp³-hybridized carbons (Fsp3) is 0.259. The number of aryl methyl sites for hydroxylation is 3. The topological polar surface area (TPSA) is 118 Å². The fourth-order valence-electron chi connectivity index (χ4n) is 4.65. The summed E-state index contributed by atoms with van der Waals surface area (Å²) in [6.07, 6.45) is 4.24. The Labute approximate surface area is 227 Å². The van der Waals surface area contributed by atoms with Gasteiger partial charge in [-0.1, -0.05) is 17.7 Å². The molecule has 9 nitrogen and oxygen atoms in total. The number of aliphatic hydroxyl groups is 2. The van der Waals surface area contributed by atoms with Gasteiger partial charge in [0, 0.05) is 28.0 Å². The van der Waals surface area contributed by atoms with Crippen LogP contribution in [0, 0.1) is 6.92 Å². The molecule has 5 aromatic rings. The van der Waals surface area contributed by atoms with Crippen molar-refractivity contribution in [1.82, 2.24) is 24.7 Å². The van der Waals surface area contributed by atoms with Gasteiger partial charge < -0.3 is 20.3 Å². The van der Waals surface area contributed by atoms with Gasteiger partial charge in [-0.05, 0) is 55.7 Å². The summed E-state index contributed by atoms with van der Waals surface area (Å²) in [6, 6.07) is 11.4. The first-order chi connectivity index (χ1) is 18.5. The number of rotatable bonds is 8. The van der Waals surface area contributed by atoms with E-state index in [2.05, 4.69) is 25.4 Å². The predicted octanol–water partition coefficient (Wildman–Crippen LogP) is 4.69. The van der Waals surface area contributed by atoms with Gasteiger partial charge in [0.05, 0.1) is 41.1 Å². The van der Waals surface area contributed by atoms with Crippen molar-refractivity contribution >= 4 is 44.7 Å². The highest BCUT2D eigenvalue weighted by molar-refractivity contribution is 7.22. The maximum Gasteiger partial charge on any atom is 0.142 e. The molecule has 0 aliphatic heterocycles. The van der Waals surface area contributed by atoms with Crippen molar-refractivity contribution in [1.29, 1.82) is 0 Å². The standard InChI is InChI=1S/C27H25ClN6O3S/c1-15-3-2-4-17(31-15)13-37-23-8-5-16(9-21(23)28)32-26-24-19-6-7-22-20(11-34(33-22)10-18(36)12-35)25(19)38-27(24)30-14-29-26/h2-5,8-9,11,14,18,35-36H,6-7,10,12-13H2,1H3,(H,29,30,32)/t18-/m0/s1. The Bertz CT molecular complexity index is 1630. The van der Waals surface area contributed by atoms with Crippen LogP contribution in [0.5, 0.6) is 5.75 Å². The SMILES string of the molecule is Cc1cccc(COc2ccc(Nc3ncnc4sc5c(c34)CCc3nn(C[C@H](O)CO)cc3-5)cc2Cl)n1. The molecule has 0 unspecified atom stereocenters. The third-order valence-corrected chi connectivity index (χ3v) is 7.88. The molecule has 3 N–H and O–H groups in total. The van der Waals surface area contributed by atoms with E-state index >= 15 is 0 Å². The average molecular weight is 549 g/mol. The maximum absolute atomic E-state index is 9.83. The predicted molar refractivity (Wildman–Crippen MR) is 147 cm³/mol. The summed E-state index contributed by atoms with van der Waals surface area (Å²) in [4.78, 5) is 15.5. The van der Waals surface area contributed by atoms with Crippen LogP contribution in [-0.2, 0) is 26.0 Å². The second kappa shape index (κ2) is 10.3. The van der Waals surface area contributed by atoms with Crippen molar-refractivity contribution in [3.63, 3.8) is 0 Å². The van der Waals surface area contributed by atoms with E-state index in [1.807, 2.05) is 49.5 Å². The zero-order valence-electron chi connectivity index (χ0n) is 20.6. The normalized spacial score (nSPS) is 13.3. The number of aliphatic hydroxyl groups excluding tert-OH is 2. The minimum Gasteiger partial charge on any atom is -0.486 e. The molecule has 0 amide bonds. The Balaban J connectivity index is 1.26. The minimum absolute atomic E-state index is 0.248. The van der Waals surface area contributed by atoms with Crippen LogP contribution in [0.2, 0.25) is 5.02 Å². The fourth-order valence-corrected chi connectivity index (χ4v) is 6.11. The van der Waals surface area contributed by atoms with Crippen molar-refractivity contribution in [2.75, 3.05) is 11.9 Å². The Hall–Kier alpha value is -3.57. The van der Waals surface area contributed by atoms with Crippen molar-refractivity contribution in [3.8, 4) is 16.2 Å². The molecule has 4 aromatic heterocycles. The number of anilines is 2. The van der Waals surface area contributed by atoms with Gasteiger partial charge in [-0.15, -0.1) is 11.3 Å². The second-order valence-corrected chi connectivity index (χ2v) is 10.6. The second-order valence-electron chi connectivity index (χ2n) is 9.19. The highest BCUT2D eigenvalue weighted by Gasteiger charge is 2.26. The lowest BCUT2D eigenvalue weighted by Gasteiger charge is -2.13. The number of thiophene rings is 1. The summed E-state index contributed by atoms with van der Waals surface area (Å²) >= 11 is 8.16. The zero-order valence-corrected chi connectivity index (χ0v) is 22.1. The number of nitrogens with one attached hydrogen (secondary N) is 1. The summed E-state index contributed by atoms with van der Waals surface area (Å²) in [5.41, 5.74) is 5.77. The van der Waals surface area contributed by atoms with E-state index in [0.717, 1.165) is 56.3 Å². The molecule has 0 fully saturated rings. The highest BCUT2D eigenvalue weighted by Crippen LogP contribution is 2.45. The van der Waals surface area contributed by atoms with Crippen LogP contribution in [0.1, 0.15) is 22.6 Å². The monoisotopic (exact) mass is 548 g/mol. The number of aromatic nitrogens is 5. The van der Waals surface area contributed by atoms with Crippen LogP contribution in [-0.4, -0.2) is 47.7 Å². The molecule has 0 saturated carbocycles. The van der Waals surface area contributed by atoms with Crippen LogP contribution >= 0.6 is 22.9 Å². The van der Waals surface area contributed by atoms with E-state index < -0.39 is 6.10 Å². The Morgan fingerprint density at radius 1 is 1.21 bits per heavy atom. The van der Waals surface area contributed by atoms with Crippen molar-refractivity contribution in [2.24, 2.45) is 0 Å². The summed E-state index contributed by atoms with van der Waals surface area (Å²) in [6.45, 7) is 2.23. The number of pyridine rings is 1. The number of hydrogen-bond acceptors (Lipinski definition) is 9. The van der Waals surface area contributed by atoms with Gasteiger partial charge in [0.2, 0.25) is 0 Å². The smallest absolute Gasteiger partial charge is 0.142 e. The average Bonchev–Trinajstić information content (AvgIpc) is 3.49. The molecule has 1 aliphatic carbocycles. The molecule has 11 heteroatoms. The van der Waals surface area contributed by atoms with E-state index in [1.165, 1.54) is 5.56 Å². The molecular weight excluding hydrogens is 524 g/mol. The molecule has 0 spiro atoms. The van der Waals surface area contributed by atoms with Gasteiger partial charge >= 0.3 is 0 Å². The van der Waals surface area contributed by atoms with E-state index in [-0.39, 0.29) is 13.2 Å². The Morgan fingerprint density at radius 3 is 2.92 bits per heavy atom. The van der Waals surface area contributed by atoms with E-state index in [9.17, 15) is 10.2 Å². The van der Waals surface area contributed by atoms with E-state index in [1.54, 1.807) is 22.3 Å². The molecule has 1 atom stereocenters. The van der Waals surface area contributed by atoms with Gasteiger partial charge in [-0.3, -0.25) is 9.67 Å². The first-order valence-corrected chi connectivity index (χ1v) is 13.4. The van der Waals surface area contributed by atoms with E-state index in [0.29, 0.717) is 23.2 Å². The van der Waals surface area contributed by atoms with Crippen LogP contribution < -0.4 is 10.1 Å². The van der Waals surface area contributed by atoms with Crippen LogP contribution in [0.4, 0.5) is 11.5 Å². The molecule has 1 aromatic carbocycles. The largest absolute Gasteiger partial charge is 0.486 e. The van der Waals surface area contributed by atoms with Crippen molar-refractivity contribution < 1.29 is 14.9 Å². The number of halogens is 1. The first kappa shape index (κ1) is 24.7. The van der Waals surface area contributed by atoms with Gasteiger partial charge in [0.25, 0.3) is 0 Å². The van der Waals surface area contributed by atoms with Gasteiger partial charge in [0.1, 0.15) is 29.3 Å². The Kier molecular flexibility index (Phi) is 6.71. The van der Waals surface area contributed by atoms with Crippen LogP contribution in [0.3, 0.4) is 0 Å². The van der Waals surface area contributed by atoms with Gasteiger partial charge in [-0.25, -0.2) is 9.97 Å². The summed E-state index contributed by atoms with van der Waals surface area (Å²) in [7, 11) is 0. The lowest BCUT2D eigenvalue weighted by Crippen LogP contribution is -2.20. The first-order valence-electron chi connectivity index (χ1n) is 12.2. The molecule has 0 bridgehead atoms. The lowest BCUT2D eigenvalue weighted by atomic mass is 9.95. The van der Waals surface area contributed by atoms with Crippen LogP contribution in [0.15, 0.2) is 48.9 Å².